The summed E-state index contributed by atoms with van der Waals surface area (Å²) in [7, 11) is 0. The van der Waals surface area contributed by atoms with Gasteiger partial charge >= 0.3 is 12.1 Å². The molecule has 0 spiro atoms. The van der Waals surface area contributed by atoms with Crippen molar-refractivity contribution in [2.75, 3.05) is 0 Å². The Kier molecular flexibility index (Phi) is 7.38. The molecule has 22 heavy (non-hydrogen) atoms. The Labute approximate surface area is 131 Å². The first-order valence-corrected chi connectivity index (χ1v) is 6.94. The summed E-state index contributed by atoms with van der Waals surface area (Å²) < 4.78 is 9.00. The zero-order valence-corrected chi connectivity index (χ0v) is 14.3. The van der Waals surface area contributed by atoms with Crippen LogP contribution < -0.4 is 0 Å². The SMILES string of the molecule is CC(=COOC(C)(C)CC(C)(C)C)C(=O)OC(C)OC(=O)O. The Hall–Kier alpha value is -1.76. The van der Waals surface area contributed by atoms with E-state index in [0.717, 1.165) is 12.7 Å². The molecule has 0 saturated heterocycles. The molecule has 0 rings (SSSR count). The van der Waals surface area contributed by atoms with Crippen molar-refractivity contribution in [2.45, 2.75) is 66.8 Å². The first kappa shape index (κ1) is 20.2. The predicted octanol–water partition coefficient (Wildman–Crippen LogP) is 3.64. The molecule has 0 aromatic heterocycles. The number of hydrogen-bond acceptors (Lipinski definition) is 6. The Balaban J connectivity index is 4.38. The largest absolute Gasteiger partial charge is 0.508 e. The minimum atomic E-state index is -1.52. The van der Waals surface area contributed by atoms with Gasteiger partial charge in [0, 0.05) is 6.92 Å². The molecule has 0 aliphatic carbocycles. The maximum absolute atomic E-state index is 11.6. The molecular formula is C15H26O7. The summed E-state index contributed by atoms with van der Waals surface area (Å²) in [5, 5.41) is 8.39. The van der Waals surface area contributed by atoms with Crippen LogP contribution in [-0.4, -0.2) is 29.1 Å². The Morgan fingerprint density at radius 3 is 2.14 bits per heavy atom. The van der Waals surface area contributed by atoms with Crippen LogP contribution in [0.1, 0.15) is 54.9 Å². The molecule has 1 atom stereocenters. The average Bonchev–Trinajstić information content (AvgIpc) is 2.23. The van der Waals surface area contributed by atoms with E-state index in [1.54, 1.807) is 0 Å². The van der Waals surface area contributed by atoms with E-state index >= 15 is 0 Å². The number of carbonyl (C=O) groups excluding carboxylic acids is 1. The van der Waals surface area contributed by atoms with Crippen LogP contribution in [0.5, 0.6) is 0 Å². The summed E-state index contributed by atoms with van der Waals surface area (Å²) in [5.74, 6) is -0.758. The topological polar surface area (TPSA) is 91.3 Å². The van der Waals surface area contributed by atoms with E-state index in [0.29, 0.717) is 0 Å². The van der Waals surface area contributed by atoms with Crippen LogP contribution in [0.4, 0.5) is 4.79 Å². The molecule has 7 nitrogen and oxygen atoms in total. The third-order valence-corrected chi connectivity index (χ3v) is 2.32. The summed E-state index contributed by atoms with van der Waals surface area (Å²) in [6.07, 6.45) is -0.863. The zero-order chi connectivity index (χ0) is 17.6. The van der Waals surface area contributed by atoms with Crippen LogP contribution in [0.3, 0.4) is 0 Å². The van der Waals surface area contributed by atoms with Crippen LogP contribution in [0.2, 0.25) is 0 Å². The van der Waals surface area contributed by atoms with Crippen molar-refractivity contribution in [1.82, 2.24) is 0 Å². The summed E-state index contributed by atoms with van der Waals surface area (Å²) in [5.41, 5.74) is -0.348. The maximum Gasteiger partial charge on any atom is 0.508 e. The highest BCUT2D eigenvalue weighted by atomic mass is 17.2. The van der Waals surface area contributed by atoms with Gasteiger partial charge in [-0.2, -0.15) is 4.89 Å². The van der Waals surface area contributed by atoms with Crippen molar-refractivity contribution in [3.05, 3.63) is 11.8 Å². The lowest BCUT2D eigenvalue weighted by atomic mass is 9.84. The number of rotatable bonds is 7. The molecule has 128 valence electrons. The molecule has 7 heteroatoms. The van der Waals surface area contributed by atoms with E-state index in [9.17, 15) is 9.59 Å². The van der Waals surface area contributed by atoms with Gasteiger partial charge < -0.3 is 19.5 Å². The van der Waals surface area contributed by atoms with Gasteiger partial charge in [0.05, 0.1) is 5.57 Å². The highest BCUT2D eigenvalue weighted by Gasteiger charge is 2.27. The van der Waals surface area contributed by atoms with E-state index in [2.05, 4.69) is 25.5 Å². The molecule has 0 aliphatic heterocycles. The van der Waals surface area contributed by atoms with Gasteiger partial charge in [0.1, 0.15) is 11.9 Å². The molecule has 1 N–H and O–H groups in total. The number of ether oxygens (including phenoxy) is 2. The standard InChI is InChI=1S/C15H26O7/c1-10(12(16)20-11(2)21-13(17)18)8-19-22-15(6,7)9-14(3,4)5/h8,11H,9H2,1-7H3,(H,17,18). The van der Waals surface area contributed by atoms with Crippen molar-refractivity contribution in [3.8, 4) is 0 Å². The second-order valence-electron chi connectivity index (χ2n) is 6.83. The first-order valence-electron chi connectivity index (χ1n) is 6.94. The molecule has 0 aromatic carbocycles. The second kappa shape index (κ2) is 8.03. The Morgan fingerprint density at radius 2 is 1.68 bits per heavy atom. The van der Waals surface area contributed by atoms with Gasteiger partial charge in [0.2, 0.25) is 6.29 Å². The van der Waals surface area contributed by atoms with E-state index in [4.69, 9.17) is 19.6 Å². The highest BCUT2D eigenvalue weighted by molar-refractivity contribution is 5.87. The van der Waals surface area contributed by atoms with Gasteiger partial charge in [0.15, 0.2) is 0 Å². The van der Waals surface area contributed by atoms with Gasteiger partial charge in [-0.15, -0.1) is 0 Å². The third-order valence-electron chi connectivity index (χ3n) is 2.32. The molecule has 0 fully saturated rings. The maximum atomic E-state index is 11.6. The minimum absolute atomic E-state index is 0.0636. The van der Waals surface area contributed by atoms with Crippen molar-refractivity contribution in [2.24, 2.45) is 5.41 Å². The summed E-state index contributed by atoms with van der Waals surface area (Å²) in [4.78, 5) is 32.2. The number of carbonyl (C=O) groups is 2. The van der Waals surface area contributed by atoms with Gasteiger partial charge in [-0.05, 0) is 32.6 Å². The average molecular weight is 318 g/mol. The summed E-state index contributed by atoms with van der Waals surface area (Å²) in [6.45, 7) is 12.8. The fraction of sp³-hybridized carbons (Fsp3) is 0.733. The lowest BCUT2D eigenvalue weighted by Crippen LogP contribution is -2.30. The molecule has 0 amide bonds. The van der Waals surface area contributed by atoms with Crippen molar-refractivity contribution in [1.29, 1.82) is 0 Å². The van der Waals surface area contributed by atoms with Gasteiger partial charge in [-0.25, -0.2) is 9.59 Å². The third kappa shape index (κ3) is 10.0. The van der Waals surface area contributed by atoms with Crippen molar-refractivity contribution in [3.63, 3.8) is 0 Å². The Bertz CT molecular complexity index is 418. The molecular weight excluding hydrogens is 292 g/mol. The first-order chi connectivity index (χ1) is 9.82. The number of hydrogen-bond donors (Lipinski definition) is 1. The number of esters is 1. The van der Waals surface area contributed by atoms with E-state index in [-0.39, 0.29) is 11.0 Å². The van der Waals surface area contributed by atoms with Crippen molar-refractivity contribution >= 4 is 12.1 Å². The smallest absolute Gasteiger partial charge is 0.450 e. The number of carboxylic acid groups (broad SMARTS) is 1. The van der Waals surface area contributed by atoms with Crippen LogP contribution in [0.15, 0.2) is 11.8 Å². The molecule has 0 radical (unpaired) electrons. The van der Waals surface area contributed by atoms with E-state index in [1.807, 2.05) is 13.8 Å². The lowest BCUT2D eigenvalue weighted by Gasteiger charge is -2.30. The van der Waals surface area contributed by atoms with E-state index in [1.165, 1.54) is 13.8 Å². The quantitative estimate of drug-likeness (QED) is 0.191. The molecule has 0 heterocycles. The fourth-order valence-electron chi connectivity index (χ4n) is 1.99. The second-order valence-corrected chi connectivity index (χ2v) is 6.83. The van der Waals surface area contributed by atoms with Gasteiger partial charge in [-0.3, -0.25) is 0 Å². The lowest BCUT2D eigenvalue weighted by molar-refractivity contribution is -0.322. The van der Waals surface area contributed by atoms with Crippen LogP contribution >= 0.6 is 0 Å². The molecule has 0 bridgehead atoms. The monoisotopic (exact) mass is 318 g/mol. The molecule has 0 aliphatic rings. The predicted molar refractivity (Wildman–Crippen MR) is 78.7 cm³/mol. The molecule has 0 saturated carbocycles. The Morgan fingerprint density at radius 1 is 1.14 bits per heavy atom. The zero-order valence-electron chi connectivity index (χ0n) is 14.3. The normalized spacial score (nSPS) is 14.2. The summed E-state index contributed by atoms with van der Waals surface area (Å²) >= 11 is 0. The van der Waals surface area contributed by atoms with Crippen LogP contribution in [0, 0.1) is 5.41 Å². The van der Waals surface area contributed by atoms with Crippen molar-refractivity contribution < 1.29 is 33.9 Å². The summed E-state index contributed by atoms with van der Waals surface area (Å²) in [6, 6.07) is 0. The minimum Gasteiger partial charge on any atom is -0.450 e. The molecule has 0 aromatic rings. The van der Waals surface area contributed by atoms with Crippen LogP contribution in [0.25, 0.3) is 0 Å². The van der Waals surface area contributed by atoms with Gasteiger partial charge in [0.25, 0.3) is 0 Å². The molecule has 1 unspecified atom stereocenters. The van der Waals surface area contributed by atoms with Gasteiger partial charge in [-0.1, -0.05) is 20.8 Å². The van der Waals surface area contributed by atoms with Crippen LogP contribution in [-0.2, 0) is 24.0 Å². The fourth-order valence-corrected chi connectivity index (χ4v) is 1.99. The van der Waals surface area contributed by atoms with E-state index < -0.39 is 24.0 Å². The highest BCUT2D eigenvalue weighted by Crippen LogP contribution is 2.29.